The van der Waals surface area contributed by atoms with Crippen LogP contribution in [-0.4, -0.2) is 33.3 Å². The second kappa shape index (κ2) is 9.38. The molecule has 30 heavy (non-hydrogen) atoms. The van der Waals surface area contributed by atoms with Gasteiger partial charge in [0.1, 0.15) is 11.3 Å². The minimum Gasteiger partial charge on any atom is -0.497 e. The number of aromatic nitrogens is 3. The first-order valence-electron chi connectivity index (χ1n) is 10.0. The Hall–Kier alpha value is -2.74. The molecule has 0 saturated carbocycles. The van der Waals surface area contributed by atoms with Crippen LogP contribution in [0.3, 0.4) is 0 Å². The van der Waals surface area contributed by atoms with Gasteiger partial charge in [-0.2, -0.15) is 0 Å². The van der Waals surface area contributed by atoms with Crippen LogP contribution in [0.1, 0.15) is 50.5 Å². The average molecular weight is 429 g/mol. The second-order valence-corrected chi connectivity index (χ2v) is 8.33. The summed E-state index contributed by atoms with van der Waals surface area (Å²) in [6.07, 6.45) is 0.793. The number of fused-ring (bicyclic) bond motifs is 1. The predicted octanol–water partition coefficient (Wildman–Crippen LogP) is 3.98. The SMILES string of the molecule is CCC(C)n1c(SCC(=O)NC(C)c2ccc(OC)cc2)nc2cc(C)[nH]c2c1=O. The zero-order valence-corrected chi connectivity index (χ0v) is 18.8. The fourth-order valence-electron chi connectivity index (χ4n) is 3.25. The topological polar surface area (TPSA) is 89.0 Å². The van der Waals surface area contributed by atoms with Gasteiger partial charge in [-0.15, -0.1) is 0 Å². The molecule has 2 atom stereocenters. The van der Waals surface area contributed by atoms with Crippen LogP contribution in [0.15, 0.2) is 40.3 Å². The third kappa shape index (κ3) is 4.70. The Kier molecular flexibility index (Phi) is 6.87. The zero-order chi connectivity index (χ0) is 21.8. The summed E-state index contributed by atoms with van der Waals surface area (Å²) in [5.74, 6) is 0.842. The molecular formula is C22H28N4O3S. The molecule has 2 N–H and O–H groups in total. The molecule has 0 aliphatic carbocycles. The van der Waals surface area contributed by atoms with Crippen LogP contribution in [-0.2, 0) is 4.79 Å². The molecule has 2 heterocycles. The van der Waals surface area contributed by atoms with E-state index >= 15 is 0 Å². The van der Waals surface area contributed by atoms with Crippen LogP contribution in [0.2, 0.25) is 0 Å². The highest BCUT2D eigenvalue weighted by Crippen LogP contribution is 2.23. The van der Waals surface area contributed by atoms with Crippen molar-refractivity contribution in [3.8, 4) is 5.75 Å². The summed E-state index contributed by atoms with van der Waals surface area (Å²) in [7, 11) is 1.62. The molecule has 1 aromatic carbocycles. The average Bonchev–Trinajstić information content (AvgIpc) is 3.12. The summed E-state index contributed by atoms with van der Waals surface area (Å²) in [5.41, 5.74) is 2.92. The first kappa shape index (κ1) is 22.0. The van der Waals surface area contributed by atoms with E-state index in [4.69, 9.17) is 4.74 Å². The van der Waals surface area contributed by atoms with Crippen LogP contribution in [0.25, 0.3) is 11.0 Å². The van der Waals surface area contributed by atoms with Gasteiger partial charge in [0.05, 0.1) is 24.4 Å². The first-order chi connectivity index (χ1) is 14.3. The Balaban J connectivity index is 1.75. The molecule has 2 unspecified atom stereocenters. The maximum absolute atomic E-state index is 13.0. The van der Waals surface area contributed by atoms with E-state index in [1.54, 1.807) is 11.7 Å². The largest absolute Gasteiger partial charge is 0.497 e. The molecule has 0 aliphatic heterocycles. The fraction of sp³-hybridized carbons (Fsp3) is 0.409. The number of hydrogen-bond donors (Lipinski definition) is 2. The molecule has 0 fully saturated rings. The number of benzene rings is 1. The number of methoxy groups -OCH3 is 1. The van der Waals surface area contributed by atoms with Crippen LogP contribution in [0.5, 0.6) is 5.75 Å². The zero-order valence-electron chi connectivity index (χ0n) is 18.0. The van der Waals surface area contributed by atoms with Crippen molar-refractivity contribution in [1.82, 2.24) is 19.9 Å². The summed E-state index contributed by atoms with van der Waals surface area (Å²) in [5, 5.41) is 3.56. The van der Waals surface area contributed by atoms with Gasteiger partial charge in [0.15, 0.2) is 5.16 Å². The van der Waals surface area contributed by atoms with Crippen molar-refractivity contribution in [2.24, 2.45) is 0 Å². The number of carbonyl (C=O) groups is 1. The van der Waals surface area contributed by atoms with E-state index in [2.05, 4.69) is 15.3 Å². The van der Waals surface area contributed by atoms with Crippen molar-refractivity contribution in [3.63, 3.8) is 0 Å². The van der Waals surface area contributed by atoms with Crippen LogP contribution in [0, 0.1) is 6.92 Å². The second-order valence-electron chi connectivity index (χ2n) is 7.39. The molecule has 3 rings (SSSR count). The van der Waals surface area contributed by atoms with Crippen molar-refractivity contribution in [2.45, 2.75) is 51.4 Å². The van der Waals surface area contributed by atoms with Crippen LogP contribution >= 0.6 is 11.8 Å². The van der Waals surface area contributed by atoms with Gasteiger partial charge in [-0.05, 0) is 51.0 Å². The number of nitrogens with zero attached hydrogens (tertiary/aromatic N) is 2. The number of rotatable bonds is 8. The lowest BCUT2D eigenvalue weighted by molar-refractivity contribution is -0.119. The maximum atomic E-state index is 13.0. The van der Waals surface area contributed by atoms with E-state index in [1.165, 1.54) is 11.8 Å². The molecule has 0 spiro atoms. The van der Waals surface area contributed by atoms with Gasteiger partial charge in [-0.3, -0.25) is 14.2 Å². The van der Waals surface area contributed by atoms with Gasteiger partial charge in [0, 0.05) is 11.7 Å². The Labute approximate surface area is 180 Å². The summed E-state index contributed by atoms with van der Waals surface area (Å²) < 4.78 is 6.85. The third-order valence-corrected chi connectivity index (χ3v) is 6.10. The number of aromatic amines is 1. The molecule has 160 valence electrons. The molecule has 2 aromatic heterocycles. The van der Waals surface area contributed by atoms with E-state index in [1.807, 2.05) is 58.0 Å². The Morgan fingerprint density at radius 1 is 1.30 bits per heavy atom. The number of hydrogen-bond acceptors (Lipinski definition) is 5. The maximum Gasteiger partial charge on any atom is 0.278 e. The lowest BCUT2D eigenvalue weighted by atomic mass is 10.1. The standard InChI is InChI=1S/C22H28N4O3S/c1-6-14(3)26-21(28)20-18(11-13(2)23-20)25-22(26)30-12-19(27)24-15(4)16-7-9-17(29-5)10-8-16/h7-11,14-15,23H,6,12H2,1-5H3,(H,24,27). The lowest BCUT2D eigenvalue weighted by Gasteiger charge is -2.18. The summed E-state index contributed by atoms with van der Waals surface area (Å²) in [4.78, 5) is 33.3. The quantitative estimate of drug-likeness (QED) is 0.418. The van der Waals surface area contributed by atoms with Gasteiger partial charge in [-0.1, -0.05) is 30.8 Å². The van der Waals surface area contributed by atoms with E-state index in [9.17, 15) is 9.59 Å². The molecule has 7 nitrogen and oxygen atoms in total. The third-order valence-electron chi connectivity index (χ3n) is 5.14. The van der Waals surface area contributed by atoms with Crippen molar-refractivity contribution in [1.29, 1.82) is 0 Å². The molecule has 3 aromatic rings. The van der Waals surface area contributed by atoms with Crippen LogP contribution < -0.4 is 15.6 Å². The lowest BCUT2D eigenvalue weighted by Crippen LogP contribution is -2.29. The number of ether oxygens (including phenoxy) is 1. The molecule has 1 amide bonds. The smallest absolute Gasteiger partial charge is 0.278 e. The Morgan fingerprint density at radius 3 is 2.63 bits per heavy atom. The highest BCUT2D eigenvalue weighted by Gasteiger charge is 2.18. The normalized spacial score (nSPS) is 13.2. The van der Waals surface area contributed by atoms with Crippen molar-refractivity contribution >= 4 is 28.7 Å². The molecule has 8 heteroatoms. The minimum atomic E-state index is -0.136. The number of aryl methyl sites for hydroxylation is 1. The molecular weight excluding hydrogens is 400 g/mol. The minimum absolute atomic E-state index is 0.0122. The van der Waals surface area contributed by atoms with Gasteiger partial charge in [-0.25, -0.2) is 4.98 Å². The molecule has 0 aliphatic rings. The van der Waals surface area contributed by atoms with E-state index in [0.29, 0.717) is 16.2 Å². The van der Waals surface area contributed by atoms with E-state index < -0.39 is 0 Å². The number of nitrogens with one attached hydrogen (secondary N) is 2. The Bertz CT molecular complexity index is 1090. The van der Waals surface area contributed by atoms with E-state index in [0.717, 1.165) is 23.4 Å². The number of thioether (sulfide) groups is 1. The molecule has 0 saturated heterocycles. The number of carbonyl (C=O) groups excluding carboxylic acids is 1. The van der Waals surface area contributed by atoms with Gasteiger partial charge in [0.25, 0.3) is 5.56 Å². The fourth-order valence-corrected chi connectivity index (χ4v) is 4.16. The van der Waals surface area contributed by atoms with Gasteiger partial charge >= 0.3 is 0 Å². The summed E-state index contributed by atoms with van der Waals surface area (Å²) in [6, 6.07) is 9.31. The highest BCUT2D eigenvalue weighted by atomic mass is 32.2. The Morgan fingerprint density at radius 2 is 2.00 bits per heavy atom. The van der Waals surface area contributed by atoms with Gasteiger partial charge < -0.3 is 15.0 Å². The van der Waals surface area contributed by atoms with Crippen molar-refractivity contribution < 1.29 is 9.53 Å². The predicted molar refractivity (Wildman–Crippen MR) is 120 cm³/mol. The summed E-state index contributed by atoms with van der Waals surface area (Å²) >= 11 is 1.29. The molecule has 0 bridgehead atoms. The van der Waals surface area contributed by atoms with Crippen LogP contribution in [0.4, 0.5) is 0 Å². The monoisotopic (exact) mass is 428 g/mol. The first-order valence-corrected chi connectivity index (χ1v) is 11.0. The van der Waals surface area contributed by atoms with E-state index in [-0.39, 0.29) is 29.3 Å². The van der Waals surface area contributed by atoms with Crippen molar-refractivity contribution in [2.75, 3.05) is 12.9 Å². The summed E-state index contributed by atoms with van der Waals surface area (Å²) in [6.45, 7) is 7.85. The van der Waals surface area contributed by atoms with Gasteiger partial charge in [0.2, 0.25) is 5.91 Å². The van der Waals surface area contributed by atoms with Crippen molar-refractivity contribution in [3.05, 3.63) is 51.9 Å². The molecule has 0 radical (unpaired) electrons. The number of amides is 1. The highest BCUT2D eigenvalue weighted by molar-refractivity contribution is 7.99. The number of H-pyrrole nitrogens is 1.